The second kappa shape index (κ2) is 16.1. The van der Waals surface area contributed by atoms with Crippen LogP contribution in [0.3, 0.4) is 0 Å². The smallest absolute Gasteiger partial charge is 0.258 e. The fourth-order valence-corrected chi connectivity index (χ4v) is 11.0. The van der Waals surface area contributed by atoms with Gasteiger partial charge in [-0.2, -0.15) is 5.10 Å². The molecule has 5 aliphatic rings. The molecule has 0 spiro atoms. The number of hydrogen-bond donors (Lipinski definition) is 2. The van der Waals surface area contributed by atoms with Crippen LogP contribution in [0.25, 0.3) is 22.3 Å². The quantitative estimate of drug-likeness (QED) is 0.208. The zero-order valence-corrected chi connectivity index (χ0v) is 36.5. The lowest BCUT2D eigenvalue weighted by Gasteiger charge is -2.47. The lowest BCUT2D eigenvalue weighted by Crippen LogP contribution is -2.57. The molecule has 4 fully saturated rings. The second-order valence-electron chi connectivity index (χ2n) is 18.4. The molecule has 15 nitrogen and oxygen atoms in total. The van der Waals surface area contributed by atoms with E-state index in [0.717, 1.165) is 116 Å². The summed E-state index contributed by atoms with van der Waals surface area (Å²) >= 11 is 0. The minimum Gasteiger partial charge on any atom is -0.477 e. The molecule has 10 rings (SSSR count). The van der Waals surface area contributed by atoms with E-state index in [1.54, 1.807) is 4.68 Å². The Bertz CT molecular complexity index is 2570. The molecule has 1 aromatic carbocycles. The fourth-order valence-electron chi connectivity index (χ4n) is 11.0. The summed E-state index contributed by atoms with van der Waals surface area (Å²) in [6.07, 6.45) is 6.23. The highest BCUT2D eigenvalue weighted by Gasteiger charge is 2.35. The fraction of sp³-hybridized carbons (Fsp3) is 0.511. The van der Waals surface area contributed by atoms with Crippen LogP contribution in [0.15, 0.2) is 42.5 Å². The molecule has 3 saturated heterocycles. The van der Waals surface area contributed by atoms with Gasteiger partial charge in [-0.05, 0) is 121 Å². The maximum absolute atomic E-state index is 14.1. The van der Waals surface area contributed by atoms with Crippen molar-refractivity contribution in [1.29, 1.82) is 0 Å². The summed E-state index contributed by atoms with van der Waals surface area (Å²) in [6, 6.07) is 15.2. The van der Waals surface area contributed by atoms with Gasteiger partial charge in [0.1, 0.15) is 0 Å². The maximum atomic E-state index is 14.1. The number of imidazole rings is 1. The van der Waals surface area contributed by atoms with Gasteiger partial charge in [-0.25, -0.2) is 9.67 Å². The largest absolute Gasteiger partial charge is 0.477 e. The van der Waals surface area contributed by atoms with Crippen LogP contribution in [0.4, 0.5) is 17.3 Å². The number of nitrogens with one attached hydrogen (secondary N) is 2. The Hall–Kier alpha value is -5.83. The van der Waals surface area contributed by atoms with Crippen LogP contribution in [0.2, 0.25) is 0 Å². The highest BCUT2D eigenvalue weighted by molar-refractivity contribution is 6.05. The number of hydrogen-bond acceptors (Lipinski definition) is 11. The van der Waals surface area contributed by atoms with E-state index in [1.165, 1.54) is 5.69 Å². The molecule has 4 aliphatic heterocycles. The molecule has 4 bridgehead atoms. The van der Waals surface area contributed by atoms with Crippen LogP contribution in [-0.4, -0.2) is 103 Å². The van der Waals surface area contributed by atoms with Gasteiger partial charge in [0.05, 0.1) is 57.6 Å². The number of ether oxygens (including phenoxy) is 1. The van der Waals surface area contributed by atoms with Gasteiger partial charge in [-0.1, -0.05) is 0 Å². The van der Waals surface area contributed by atoms with Crippen LogP contribution < -0.4 is 25.2 Å². The van der Waals surface area contributed by atoms with Gasteiger partial charge in [0.25, 0.3) is 5.91 Å². The lowest BCUT2D eigenvalue weighted by molar-refractivity contribution is -0.134. The summed E-state index contributed by atoms with van der Waals surface area (Å²) in [5, 5.41) is 10.4. The third-order valence-electron chi connectivity index (χ3n) is 14.1. The monoisotopic (exact) mass is 839 g/mol. The van der Waals surface area contributed by atoms with Gasteiger partial charge in [-0.3, -0.25) is 39.9 Å². The van der Waals surface area contributed by atoms with Gasteiger partial charge in [0.2, 0.25) is 23.6 Å². The van der Waals surface area contributed by atoms with Crippen molar-refractivity contribution in [2.45, 2.75) is 97.2 Å². The molecule has 2 N–H and O–H groups in total. The van der Waals surface area contributed by atoms with Gasteiger partial charge < -0.3 is 19.1 Å². The van der Waals surface area contributed by atoms with E-state index in [9.17, 15) is 14.4 Å². The maximum Gasteiger partial charge on any atom is 0.258 e. The van der Waals surface area contributed by atoms with E-state index in [0.29, 0.717) is 66.5 Å². The second-order valence-corrected chi connectivity index (χ2v) is 18.4. The standard InChI is InChI=1S/C47H57N11O4/c1-27-20-33-22-39(48-27)43-30(4)53-54(5)46(43)62-26-32-7-6-31(21-32)25-58-41-23-35(8-10-38(41)50-47(58)52-44(33)60)56-18-19-57(28(2)24-56)34-14-16-55(17-15-34)40-12-11-37(49-29(40)3)36-9-13-42(59)51-45(36)61/h8,10-12,20,22-23,28,31-32,34,36H,6-7,9,13-19,21,24-26H2,1-5H3,(H,50,52,60)(H,51,59,61)/t28-,31+,32-,36?/m0/s1. The molecule has 1 unspecified atom stereocenters. The normalized spacial score (nSPS) is 23.9. The topological polar surface area (TPSA) is 156 Å². The van der Waals surface area contributed by atoms with Gasteiger partial charge in [0.15, 0.2) is 0 Å². The Morgan fingerprint density at radius 1 is 0.790 bits per heavy atom. The molecule has 4 atom stereocenters. The first-order valence-corrected chi connectivity index (χ1v) is 22.5. The van der Waals surface area contributed by atoms with Crippen molar-refractivity contribution in [3.05, 3.63) is 70.8 Å². The Kier molecular flexibility index (Phi) is 10.5. The van der Waals surface area contributed by atoms with Crippen LogP contribution in [-0.2, 0) is 23.2 Å². The summed E-state index contributed by atoms with van der Waals surface area (Å²) in [5.74, 6) is 1.07. The third kappa shape index (κ3) is 7.58. The molecule has 0 radical (unpaired) electrons. The van der Waals surface area contributed by atoms with E-state index < -0.39 is 0 Å². The molecule has 5 aromatic rings. The van der Waals surface area contributed by atoms with E-state index in [4.69, 9.17) is 19.7 Å². The highest BCUT2D eigenvalue weighted by atomic mass is 16.5. The first kappa shape index (κ1) is 40.3. The number of pyridine rings is 2. The first-order valence-electron chi connectivity index (χ1n) is 22.5. The number of aryl methyl sites for hydroxylation is 4. The number of piperazine rings is 1. The molecule has 324 valence electrons. The van der Waals surface area contributed by atoms with Gasteiger partial charge in [-0.15, -0.1) is 0 Å². The van der Waals surface area contributed by atoms with Crippen molar-refractivity contribution in [2.75, 3.05) is 54.4 Å². The average molecular weight is 840 g/mol. The average Bonchev–Trinajstić information content (AvgIpc) is 3.93. The van der Waals surface area contributed by atoms with E-state index in [-0.39, 0.29) is 23.6 Å². The summed E-state index contributed by atoms with van der Waals surface area (Å²) in [7, 11) is 1.90. The molecule has 62 heavy (non-hydrogen) atoms. The molecular weight excluding hydrogens is 783 g/mol. The number of carbonyl (C=O) groups excluding carboxylic acids is 3. The molecular formula is C47H57N11O4. The third-order valence-corrected chi connectivity index (χ3v) is 14.1. The number of nitrogens with zero attached hydrogens (tertiary/aromatic N) is 9. The Morgan fingerprint density at radius 3 is 2.40 bits per heavy atom. The number of benzene rings is 1. The molecule has 8 heterocycles. The minimum absolute atomic E-state index is 0.206. The lowest BCUT2D eigenvalue weighted by atomic mass is 9.94. The first-order chi connectivity index (χ1) is 29.9. The van der Waals surface area contributed by atoms with Gasteiger partial charge in [0, 0.05) is 81.8 Å². The van der Waals surface area contributed by atoms with Crippen molar-refractivity contribution in [2.24, 2.45) is 18.9 Å². The van der Waals surface area contributed by atoms with E-state index >= 15 is 0 Å². The van der Waals surface area contributed by atoms with Crippen LogP contribution >= 0.6 is 0 Å². The minimum atomic E-state index is -0.372. The Labute approximate surface area is 362 Å². The Balaban J connectivity index is 0.842. The zero-order chi connectivity index (χ0) is 42.8. The number of aromatic nitrogens is 6. The van der Waals surface area contributed by atoms with Crippen molar-refractivity contribution < 1.29 is 19.1 Å². The predicted molar refractivity (Wildman–Crippen MR) is 238 cm³/mol. The number of carbonyl (C=O) groups is 3. The number of fused-ring (bicyclic) bond motifs is 9. The summed E-state index contributed by atoms with van der Waals surface area (Å²) in [6.45, 7) is 14.4. The molecule has 1 aliphatic carbocycles. The number of piperidine rings is 2. The SMILES string of the molecule is Cc1cc2cc(n1)-c1c(C)nn(C)c1OC[C@H]1CC[C@H](C1)Cn1c(nc3ccc(N4CCN(C5CCN(c6ccc(C7CCC(=O)NC7=O)nc6C)CC5)[C@@H](C)C4)cc31)NC2=O. The summed E-state index contributed by atoms with van der Waals surface area (Å²) in [5.41, 5.74) is 9.48. The van der Waals surface area contributed by atoms with E-state index in [1.807, 2.05) is 46.0 Å². The molecule has 15 heteroatoms. The number of anilines is 3. The van der Waals surface area contributed by atoms with Crippen molar-refractivity contribution in [3.8, 4) is 17.1 Å². The zero-order valence-electron chi connectivity index (χ0n) is 36.5. The van der Waals surface area contributed by atoms with Crippen LogP contribution in [0.1, 0.15) is 90.9 Å². The number of amides is 3. The number of imide groups is 1. The predicted octanol–water partition coefficient (Wildman–Crippen LogP) is 5.91. The Morgan fingerprint density at radius 2 is 1.61 bits per heavy atom. The van der Waals surface area contributed by atoms with Crippen molar-refractivity contribution in [1.82, 2.24) is 39.5 Å². The molecule has 3 amide bonds. The summed E-state index contributed by atoms with van der Waals surface area (Å²) < 4.78 is 10.6. The summed E-state index contributed by atoms with van der Waals surface area (Å²) in [4.78, 5) is 60.6. The molecule has 4 aromatic heterocycles. The van der Waals surface area contributed by atoms with Crippen molar-refractivity contribution >= 4 is 46.1 Å². The number of rotatable bonds is 4. The van der Waals surface area contributed by atoms with Gasteiger partial charge >= 0.3 is 0 Å². The van der Waals surface area contributed by atoms with Crippen LogP contribution in [0, 0.1) is 32.6 Å². The van der Waals surface area contributed by atoms with E-state index in [2.05, 4.69) is 66.2 Å². The van der Waals surface area contributed by atoms with Crippen molar-refractivity contribution in [3.63, 3.8) is 0 Å². The van der Waals surface area contributed by atoms with Crippen LogP contribution in [0.5, 0.6) is 5.88 Å². The molecule has 1 saturated carbocycles. The highest BCUT2D eigenvalue weighted by Crippen LogP contribution is 2.39.